The van der Waals surface area contributed by atoms with Gasteiger partial charge in [0.1, 0.15) is 5.76 Å². The van der Waals surface area contributed by atoms with Gasteiger partial charge < -0.3 is 19.2 Å². The van der Waals surface area contributed by atoms with Crippen LogP contribution in [0.25, 0.3) is 11.5 Å². The van der Waals surface area contributed by atoms with E-state index in [0.29, 0.717) is 23.1 Å². The second-order valence-corrected chi connectivity index (χ2v) is 6.47. The highest BCUT2D eigenvalue weighted by Crippen LogP contribution is 2.34. The van der Waals surface area contributed by atoms with Crippen LogP contribution in [0, 0.1) is 6.92 Å². The monoisotopic (exact) mass is 364 g/mol. The summed E-state index contributed by atoms with van der Waals surface area (Å²) >= 11 is 0. The van der Waals surface area contributed by atoms with Crippen LogP contribution in [-0.4, -0.2) is 17.7 Å². The highest BCUT2D eigenvalue weighted by molar-refractivity contribution is 5.79. The van der Waals surface area contributed by atoms with Gasteiger partial charge in [-0.05, 0) is 43.7 Å². The van der Waals surface area contributed by atoms with Gasteiger partial charge in [0.15, 0.2) is 11.5 Å². The summed E-state index contributed by atoms with van der Waals surface area (Å²) in [5.41, 5.74) is 2.49. The summed E-state index contributed by atoms with van der Waals surface area (Å²) in [5.74, 6) is 2.49. The summed E-state index contributed by atoms with van der Waals surface area (Å²) in [6.45, 7) is 3.98. The van der Waals surface area contributed by atoms with E-state index in [9.17, 15) is 4.79 Å². The number of hydrogen-bond acceptors (Lipinski definition) is 5. The van der Waals surface area contributed by atoms with Gasteiger partial charge in [-0.3, -0.25) is 4.79 Å². The Morgan fingerprint density at radius 2 is 1.93 bits per heavy atom. The highest BCUT2D eigenvalue weighted by Gasteiger charge is 2.19. The van der Waals surface area contributed by atoms with Gasteiger partial charge in [-0.1, -0.05) is 24.3 Å². The van der Waals surface area contributed by atoms with Crippen LogP contribution in [0.2, 0.25) is 0 Å². The minimum atomic E-state index is -0.159. The second kappa shape index (κ2) is 7.15. The first kappa shape index (κ1) is 17.1. The maximum atomic E-state index is 12.5. The molecule has 0 saturated heterocycles. The third-order valence-electron chi connectivity index (χ3n) is 4.52. The number of oxazole rings is 1. The SMILES string of the molecule is Cc1oc(-c2ccccc2)nc1CC(=O)NC(C)c1ccc2c(c1)OCO2. The maximum Gasteiger partial charge on any atom is 0.231 e. The molecule has 1 aliphatic heterocycles. The van der Waals surface area contributed by atoms with Crippen molar-refractivity contribution in [2.45, 2.75) is 26.3 Å². The van der Waals surface area contributed by atoms with Crippen LogP contribution in [0.15, 0.2) is 52.9 Å². The first-order chi connectivity index (χ1) is 13.1. The third-order valence-corrected chi connectivity index (χ3v) is 4.52. The molecule has 1 atom stereocenters. The molecule has 1 N–H and O–H groups in total. The molecule has 2 heterocycles. The van der Waals surface area contributed by atoms with Gasteiger partial charge >= 0.3 is 0 Å². The molecule has 1 unspecified atom stereocenters. The zero-order valence-electron chi connectivity index (χ0n) is 15.2. The van der Waals surface area contributed by atoms with Crippen molar-refractivity contribution in [2.24, 2.45) is 0 Å². The molecule has 138 valence electrons. The number of benzene rings is 2. The van der Waals surface area contributed by atoms with Crippen LogP contribution in [0.4, 0.5) is 0 Å². The van der Waals surface area contributed by atoms with E-state index >= 15 is 0 Å². The number of aryl methyl sites for hydroxylation is 1. The molecule has 27 heavy (non-hydrogen) atoms. The second-order valence-electron chi connectivity index (χ2n) is 6.47. The Labute approximate surface area is 157 Å². The molecule has 1 aliphatic rings. The van der Waals surface area contributed by atoms with Crippen molar-refractivity contribution in [2.75, 3.05) is 6.79 Å². The van der Waals surface area contributed by atoms with Crippen molar-refractivity contribution in [3.05, 3.63) is 65.5 Å². The minimum absolute atomic E-state index is 0.115. The fourth-order valence-corrected chi connectivity index (χ4v) is 3.01. The van der Waals surface area contributed by atoms with Crippen LogP contribution in [0.3, 0.4) is 0 Å². The standard InChI is InChI=1S/C21H20N2O4/c1-13(16-8-9-18-19(10-16)26-12-25-18)22-20(24)11-17-14(2)27-21(23-17)15-6-4-3-5-7-15/h3-10,13H,11-12H2,1-2H3,(H,22,24). The fraction of sp³-hybridized carbons (Fsp3) is 0.238. The lowest BCUT2D eigenvalue weighted by Gasteiger charge is -2.14. The van der Waals surface area contributed by atoms with Gasteiger partial charge in [-0.15, -0.1) is 0 Å². The molecule has 3 aromatic rings. The summed E-state index contributed by atoms with van der Waals surface area (Å²) < 4.78 is 16.4. The van der Waals surface area contributed by atoms with Gasteiger partial charge in [0, 0.05) is 5.56 Å². The molecule has 2 aromatic carbocycles. The lowest BCUT2D eigenvalue weighted by molar-refractivity contribution is -0.121. The number of carbonyl (C=O) groups is 1. The van der Waals surface area contributed by atoms with E-state index in [-0.39, 0.29) is 25.2 Å². The van der Waals surface area contributed by atoms with Crippen molar-refractivity contribution < 1.29 is 18.7 Å². The van der Waals surface area contributed by atoms with Crippen molar-refractivity contribution in [3.63, 3.8) is 0 Å². The van der Waals surface area contributed by atoms with Crippen molar-refractivity contribution >= 4 is 5.91 Å². The molecular weight excluding hydrogens is 344 g/mol. The van der Waals surface area contributed by atoms with E-state index in [4.69, 9.17) is 13.9 Å². The number of nitrogens with zero attached hydrogens (tertiary/aromatic N) is 1. The van der Waals surface area contributed by atoms with E-state index in [1.165, 1.54) is 0 Å². The van der Waals surface area contributed by atoms with Crippen LogP contribution in [0.1, 0.15) is 30.0 Å². The van der Waals surface area contributed by atoms with Gasteiger partial charge in [0.25, 0.3) is 0 Å². The van der Waals surface area contributed by atoms with Crippen LogP contribution < -0.4 is 14.8 Å². The Morgan fingerprint density at radius 1 is 1.15 bits per heavy atom. The average Bonchev–Trinajstić information content (AvgIpc) is 3.28. The maximum absolute atomic E-state index is 12.5. The molecule has 0 aliphatic carbocycles. The molecule has 6 heteroatoms. The smallest absolute Gasteiger partial charge is 0.231 e. The number of rotatable bonds is 5. The molecule has 0 saturated carbocycles. The number of fused-ring (bicyclic) bond motifs is 1. The van der Waals surface area contributed by atoms with Gasteiger partial charge in [0.05, 0.1) is 18.2 Å². The number of amides is 1. The van der Waals surface area contributed by atoms with Crippen LogP contribution in [-0.2, 0) is 11.2 Å². The summed E-state index contributed by atoms with van der Waals surface area (Å²) in [7, 11) is 0. The van der Waals surface area contributed by atoms with E-state index in [1.807, 2.05) is 62.4 Å². The number of aromatic nitrogens is 1. The lowest BCUT2D eigenvalue weighted by atomic mass is 10.1. The Kier molecular flexibility index (Phi) is 4.54. The lowest BCUT2D eigenvalue weighted by Crippen LogP contribution is -2.28. The molecule has 6 nitrogen and oxygen atoms in total. The predicted molar refractivity (Wildman–Crippen MR) is 99.5 cm³/mol. The van der Waals surface area contributed by atoms with Crippen molar-refractivity contribution in [1.82, 2.24) is 10.3 Å². The largest absolute Gasteiger partial charge is 0.454 e. The molecule has 0 radical (unpaired) electrons. The van der Waals surface area contributed by atoms with Gasteiger partial charge in [-0.2, -0.15) is 0 Å². The number of hydrogen-bond donors (Lipinski definition) is 1. The molecule has 0 spiro atoms. The van der Waals surface area contributed by atoms with Crippen LogP contribution in [0.5, 0.6) is 11.5 Å². The molecular formula is C21H20N2O4. The molecule has 1 amide bonds. The Balaban J connectivity index is 1.43. The number of ether oxygens (including phenoxy) is 2. The van der Waals surface area contributed by atoms with Crippen LogP contribution >= 0.6 is 0 Å². The Hall–Kier alpha value is -3.28. The summed E-state index contributed by atoms with van der Waals surface area (Å²) in [6, 6.07) is 15.2. The normalized spacial score (nSPS) is 13.4. The summed E-state index contributed by atoms with van der Waals surface area (Å²) in [4.78, 5) is 17.0. The zero-order chi connectivity index (χ0) is 18.8. The topological polar surface area (TPSA) is 73.6 Å². The fourth-order valence-electron chi connectivity index (χ4n) is 3.01. The van der Waals surface area contributed by atoms with E-state index in [0.717, 1.165) is 16.9 Å². The summed E-state index contributed by atoms with van der Waals surface area (Å²) in [5, 5.41) is 3.00. The van der Waals surface area contributed by atoms with E-state index < -0.39 is 0 Å². The molecule has 4 rings (SSSR count). The predicted octanol–water partition coefficient (Wildman–Crippen LogP) is 3.80. The third kappa shape index (κ3) is 3.65. The quantitative estimate of drug-likeness (QED) is 0.745. The Bertz CT molecular complexity index is 966. The Morgan fingerprint density at radius 3 is 2.74 bits per heavy atom. The van der Waals surface area contributed by atoms with E-state index in [2.05, 4.69) is 10.3 Å². The zero-order valence-corrected chi connectivity index (χ0v) is 15.2. The summed E-state index contributed by atoms with van der Waals surface area (Å²) in [6.07, 6.45) is 0.164. The van der Waals surface area contributed by atoms with E-state index in [1.54, 1.807) is 0 Å². The van der Waals surface area contributed by atoms with Gasteiger partial charge in [-0.25, -0.2) is 4.98 Å². The number of carbonyl (C=O) groups excluding carboxylic acids is 1. The highest BCUT2D eigenvalue weighted by atomic mass is 16.7. The van der Waals surface area contributed by atoms with Crippen molar-refractivity contribution in [1.29, 1.82) is 0 Å². The number of nitrogens with one attached hydrogen (secondary N) is 1. The van der Waals surface area contributed by atoms with Crippen molar-refractivity contribution in [3.8, 4) is 23.0 Å². The minimum Gasteiger partial charge on any atom is -0.454 e. The first-order valence-electron chi connectivity index (χ1n) is 8.81. The molecule has 0 bridgehead atoms. The van der Waals surface area contributed by atoms with Gasteiger partial charge in [0.2, 0.25) is 18.6 Å². The average molecular weight is 364 g/mol. The molecule has 1 aromatic heterocycles. The molecule has 0 fully saturated rings. The first-order valence-corrected chi connectivity index (χ1v) is 8.81.